The molecule has 0 radical (unpaired) electrons. The smallest absolute Gasteiger partial charge is 0.327 e. The summed E-state index contributed by atoms with van der Waals surface area (Å²) in [6.45, 7) is 1.51. The topological polar surface area (TPSA) is 83.5 Å². The van der Waals surface area contributed by atoms with Gasteiger partial charge in [0.1, 0.15) is 11.9 Å². The Kier molecular flexibility index (Phi) is 3.80. The first-order chi connectivity index (χ1) is 9.91. The number of carbonyl (C=O) groups is 1. The first-order valence-corrected chi connectivity index (χ1v) is 7.98. The van der Waals surface area contributed by atoms with Gasteiger partial charge in [-0.15, -0.1) is 0 Å². The third-order valence-electron chi connectivity index (χ3n) is 3.17. The molecule has 1 fully saturated rings. The fourth-order valence-electron chi connectivity index (χ4n) is 2.01. The van der Waals surface area contributed by atoms with Crippen LogP contribution in [0.2, 0.25) is 0 Å². The number of likely N-dealkylation sites (N-methyl/N-ethyl adjacent to an activating group) is 1. The van der Waals surface area contributed by atoms with E-state index in [-0.39, 0.29) is 18.4 Å². The van der Waals surface area contributed by atoms with Gasteiger partial charge in [-0.3, -0.25) is 4.79 Å². The van der Waals surface area contributed by atoms with E-state index >= 15 is 0 Å². The van der Waals surface area contributed by atoms with Gasteiger partial charge in [-0.25, -0.2) is 18.4 Å². The second kappa shape index (κ2) is 5.07. The molecule has 11 heteroatoms. The van der Waals surface area contributed by atoms with Crippen LogP contribution in [0.1, 0.15) is 12.6 Å². The van der Waals surface area contributed by atoms with Gasteiger partial charge in [-0.1, -0.05) is 0 Å². The van der Waals surface area contributed by atoms with Crippen LogP contribution in [0.4, 0.5) is 19.0 Å². The van der Waals surface area contributed by atoms with Gasteiger partial charge in [-0.2, -0.15) is 13.2 Å². The second-order valence-electron chi connectivity index (χ2n) is 4.99. The molecule has 0 bridgehead atoms. The molecule has 1 aromatic rings. The first-order valence-electron chi connectivity index (χ1n) is 6.09. The van der Waals surface area contributed by atoms with Crippen molar-refractivity contribution in [1.82, 2.24) is 14.9 Å². The Morgan fingerprint density at radius 3 is 2.32 bits per heavy atom. The Bertz CT molecular complexity index is 720. The van der Waals surface area contributed by atoms with Crippen LogP contribution in [0, 0.1) is 0 Å². The highest BCUT2D eigenvalue weighted by molar-refractivity contribution is 7.90. The molecule has 22 heavy (non-hydrogen) atoms. The Labute approximate surface area is 124 Å². The van der Waals surface area contributed by atoms with Crippen molar-refractivity contribution >= 4 is 21.6 Å². The van der Waals surface area contributed by atoms with Gasteiger partial charge < -0.3 is 9.80 Å². The number of hydrogen-bond acceptors (Lipinski definition) is 6. The molecule has 0 saturated carbocycles. The van der Waals surface area contributed by atoms with E-state index in [1.54, 1.807) is 0 Å². The number of halogens is 3. The summed E-state index contributed by atoms with van der Waals surface area (Å²) in [7, 11) is -2.54. The van der Waals surface area contributed by atoms with Crippen molar-refractivity contribution in [2.24, 2.45) is 0 Å². The van der Waals surface area contributed by atoms with Crippen LogP contribution in [-0.2, 0) is 20.8 Å². The van der Waals surface area contributed by atoms with Crippen molar-refractivity contribution < 1.29 is 26.4 Å². The molecule has 7 nitrogen and oxygen atoms in total. The molecule has 1 unspecified atom stereocenters. The second-order valence-corrected chi connectivity index (χ2v) is 6.90. The Morgan fingerprint density at radius 2 is 1.91 bits per heavy atom. The summed E-state index contributed by atoms with van der Waals surface area (Å²) in [5.74, 6) is -0.555. The van der Waals surface area contributed by atoms with Crippen molar-refractivity contribution in [3.63, 3.8) is 0 Å². The Balaban J connectivity index is 2.59. The zero-order chi connectivity index (χ0) is 16.9. The Hall–Kier alpha value is -1.91. The lowest BCUT2D eigenvalue weighted by molar-refractivity contribution is -0.141. The van der Waals surface area contributed by atoms with Gasteiger partial charge in [0.15, 0.2) is 5.69 Å². The van der Waals surface area contributed by atoms with Crippen molar-refractivity contribution in [3.05, 3.63) is 11.8 Å². The highest BCUT2D eigenvalue weighted by Gasteiger charge is 2.38. The summed E-state index contributed by atoms with van der Waals surface area (Å²) >= 11 is 0. The van der Waals surface area contributed by atoms with Crippen LogP contribution >= 0.6 is 0 Å². The molecule has 1 atom stereocenters. The number of carbonyl (C=O) groups excluding carboxylic acids is 1. The number of nitrogens with zero attached hydrogens (tertiary/aromatic N) is 4. The highest BCUT2D eigenvalue weighted by Crippen LogP contribution is 2.31. The van der Waals surface area contributed by atoms with Gasteiger partial charge in [0, 0.05) is 19.4 Å². The summed E-state index contributed by atoms with van der Waals surface area (Å²) in [4.78, 5) is 21.1. The zero-order valence-electron chi connectivity index (χ0n) is 11.9. The quantitative estimate of drug-likeness (QED) is 0.731. The maximum atomic E-state index is 12.9. The molecule has 122 valence electrons. The minimum absolute atomic E-state index is 0.0114. The standard InChI is InChI=1S/C11H13F3N4O3S/c1-6-9(19)17(2)5-18(6)8-4-7(11(12,13)14)15-10(16-8)22(3,20)21/h4,6H,5H2,1-3H3. The molecule has 1 aliphatic rings. The van der Waals surface area contributed by atoms with Crippen molar-refractivity contribution in [2.75, 3.05) is 24.9 Å². The normalized spacial score (nSPS) is 19.9. The lowest BCUT2D eigenvalue weighted by Crippen LogP contribution is -2.31. The molecule has 0 aliphatic carbocycles. The maximum Gasteiger partial charge on any atom is 0.433 e. The maximum absolute atomic E-state index is 12.9. The van der Waals surface area contributed by atoms with E-state index in [0.29, 0.717) is 6.07 Å². The molecule has 1 saturated heterocycles. The zero-order valence-corrected chi connectivity index (χ0v) is 12.7. The highest BCUT2D eigenvalue weighted by atomic mass is 32.2. The first kappa shape index (κ1) is 16.5. The monoisotopic (exact) mass is 338 g/mol. The molecule has 0 N–H and O–H groups in total. The van der Waals surface area contributed by atoms with Crippen LogP contribution in [0.3, 0.4) is 0 Å². The number of aromatic nitrogens is 2. The summed E-state index contributed by atoms with van der Waals surface area (Å²) in [6, 6.07) is -0.106. The number of amides is 1. The lowest BCUT2D eigenvalue weighted by Gasteiger charge is -2.21. The van der Waals surface area contributed by atoms with Crippen LogP contribution in [0.5, 0.6) is 0 Å². The molecule has 0 spiro atoms. The molecular formula is C11H13F3N4O3S. The predicted molar refractivity (Wildman–Crippen MR) is 69.7 cm³/mol. The van der Waals surface area contributed by atoms with Gasteiger partial charge in [0.05, 0.1) is 6.67 Å². The van der Waals surface area contributed by atoms with E-state index in [2.05, 4.69) is 9.97 Å². The number of alkyl halides is 3. The molecule has 2 heterocycles. The molecule has 0 aromatic carbocycles. The van der Waals surface area contributed by atoms with Gasteiger partial charge in [-0.05, 0) is 6.92 Å². The summed E-state index contributed by atoms with van der Waals surface area (Å²) in [5, 5.41) is -0.925. The summed E-state index contributed by atoms with van der Waals surface area (Å²) < 4.78 is 61.7. The average molecular weight is 338 g/mol. The third-order valence-corrected chi connectivity index (χ3v) is 4.02. The third kappa shape index (κ3) is 2.98. The fraction of sp³-hybridized carbons (Fsp3) is 0.545. The van der Waals surface area contributed by atoms with E-state index in [0.717, 1.165) is 6.26 Å². The number of rotatable bonds is 2. The summed E-state index contributed by atoms with van der Waals surface area (Å²) in [6.07, 6.45) is -4.10. The SMILES string of the molecule is CC1C(=O)N(C)CN1c1cc(C(F)(F)F)nc(S(C)(=O)=O)n1. The van der Waals surface area contributed by atoms with Crippen LogP contribution < -0.4 is 4.90 Å². The van der Waals surface area contributed by atoms with Crippen molar-refractivity contribution in [2.45, 2.75) is 24.3 Å². The van der Waals surface area contributed by atoms with E-state index in [9.17, 15) is 26.4 Å². The van der Waals surface area contributed by atoms with Crippen LogP contribution in [0.15, 0.2) is 11.2 Å². The average Bonchev–Trinajstić information content (AvgIpc) is 2.64. The fourth-order valence-corrected chi connectivity index (χ4v) is 2.54. The predicted octanol–water partition coefficient (Wildman–Crippen LogP) is 0.523. The molecule has 1 aromatic heterocycles. The minimum atomic E-state index is -4.82. The van der Waals surface area contributed by atoms with E-state index < -0.39 is 32.9 Å². The van der Waals surface area contributed by atoms with Gasteiger partial charge >= 0.3 is 6.18 Å². The van der Waals surface area contributed by atoms with E-state index in [1.165, 1.54) is 23.8 Å². The Morgan fingerprint density at radius 1 is 1.32 bits per heavy atom. The van der Waals surface area contributed by atoms with Gasteiger partial charge in [0.25, 0.3) is 0 Å². The van der Waals surface area contributed by atoms with E-state index in [4.69, 9.17) is 0 Å². The van der Waals surface area contributed by atoms with Gasteiger partial charge in [0.2, 0.25) is 20.9 Å². The molecular weight excluding hydrogens is 325 g/mol. The molecule has 2 rings (SSSR count). The van der Waals surface area contributed by atoms with Crippen LogP contribution in [0.25, 0.3) is 0 Å². The van der Waals surface area contributed by atoms with Crippen molar-refractivity contribution in [3.8, 4) is 0 Å². The number of hydrogen-bond donors (Lipinski definition) is 0. The molecule has 1 aliphatic heterocycles. The molecule has 1 amide bonds. The number of anilines is 1. The summed E-state index contributed by atoms with van der Waals surface area (Å²) in [5.41, 5.74) is -1.37. The van der Waals surface area contributed by atoms with Crippen molar-refractivity contribution in [1.29, 1.82) is 0 Å². The lowest BCUT2D eigenvalue weighted by atomic mass is 10.3. The minimum Gasteiger partial charge on any atom is -0.327 e. The van der Waals surface area contributed by atoms with Crippen LogP contribution in [-0.4, -0.2) is 55.2 Å². The number of sulfone groups is 1. The largest absolute Gasteiger partial charge is 0.433 e. The van der Waals surface area contributed by atoms with E-state index in [1.807, 2.05) is 0 Å².